The molecule has 0 aliphatic rings. The molecule has 1 aromatic heterocycles. The molecular formula is C15H23NO2. The van der Waals surface area contributed by atoms with Crippen LogP contribution in [0.1, 0.15) is 62.7 Å². The van der Waals surface area contributed by atoms with E-state index in [1.54, 1.807) is 25.3 Å². The third-order valence-electron chi connectivity index (χ3n) is 2.89. The van der Waals surface area contributed by atoms with E-state index in [-0.39, 0.29) is 5.78 Å². The molecule has 1 rings (SSSR count). The monoisotopic (exact) mass is 249 g/mol. The maximum absolute atomic E-state index is 11.2. The van der Waals surface area contributed by atoms with E-state index in [0.717, 1.165) is 6.42 Å². The van der Waals surface area contributed by atoms with Crippen LogP contribution in [0.15, 0.2) is 18.3 Å². The van der Waals surface area contributed by atoms with Crippen molar-refractivity contribution in [2.45, 2.75) is 52.4 Å². The number of nitrogens with zero attached hydrogens (tertiary/aromatic N) is 1. The number of pyridine rings is 1. The van der Waals surface area contributed by atoms with Gasteiger partial charge in [0.25, 0.3) is 0 Å². The maximum Gasteiger partial charge on any atom is 0.213 e. The van der Waals surface area contributed by atoms with Crippen molar-refractivity contribution in [3.63, 3.8) is 0 Å². The molecule has 0 aliphatic heterocycles. The van der Waals surface area contributed by atoms with E-state index >= 15 is 0 Å². The highest BCUT2D eigenvalue weighted by atomic mass is 16.5. The highest BCUT2D eigenvalue weighted by molar-refractivity contribution is 5.94. The fourth-order valence-electron chi connectivity index (χ4n) is 1.77. The second-order valence-corrected chi connectivity index (χ2v) is 4.56. The quantitative estimate of drug-likeness (QED) is 0.490. The largest absolute Gasteiger partial charge is 0.478 e. The molecule has 3 nitrogen and oxygen atoms in total. The standard InChI is InChI=1S/C15H23NO2/c1-3-4-5-6-7-8-11-18-15-12-14(13(2)17)9-10-16-15/h9-10,12H,3-8,11H2,1-2H3. The molecule has 1 heterocycles. The minimum Gasteiger partial charge on any atom is -0.478 e. The fraction of sp³-hybridized carbons (Fsp3) is 0.600. The molecule has 0 N–H and O–H groups in total. The number of hydrogen-bond donors (Lipinski definition) is 0. The van der Waals surface area contributed by atoms with Gasteiger partial charge in [0.05, 0.1) is 6.61 Å². The lowest BCUT2D eigenvalue weighted by Crippen LogP contribution is -2.01. The Bertz CT molecular complexity index is 363. The number of ketones is 1. The van der Waals surface area contributed by atoms with Crippen LogP contribution in [0, 0.1) is 0 Å². The molecule has 3 heteroatoms. The molecule has 0 bridgehead atoms. The van der Waals surface area contributed by atoms with Gasteiger partial charge in [0.1, 0.15) is 0 Å². The predicted octanol–water partition coefficient (Wildman–Crippen LogP) is 4.02. The van der Waals surface area contributed by atoms with Crippen LogP contribution in [0.25, 0.3) is 0 Å². The summed E-state index contributed by atoms with van der Waals surface area (Å²) in [6.07, 6.45) is 9.06. The number of hydrogen-bond acceptors (Lipinski definition) is 3. The lowest BCUT2D eigenvalue weighted by atomic mass is 10.1. The van der Waals surface area contributed by atoms with E-state index in [1.165, 1.54) is 32.1 Å². The topological polar surface area (TPSA) is 39.2 Å². The zero-order chi connectivity index (χ0) is 13.2. The third-order valence-corrected chi connectivity index (χ3v) is 2.89. The minimum atomic E-state index is 0.0433. The lowest BCUT2D eigenvalue weighted by molar-refractivity contribution is 0.101. The van der Waals surface area contributed by atoms with Crippen LogP contribution in [0.2, 0.25) is 0 Å². The summed E-state index contributed by atoms with van der Waals surface area (Å²) in [5, 5.41) is 0. The lowest BCUT2D eigenvalue weighted by Gasteiger charge is -2.05. The first kappa shape index (κ1) is 14.7. The van der Waals surface area contributed by atoms with E-state index in [4.69, 9.17) is 4.74 Å². The van der Waals surface area contributed by atoms with Gasteiger partial charge in [-0.05, 0) is 19.4 Å². The molecule has 18 heavy (non-hydrogen) atoms. The Hall–Kier alpha value is -1.38. The normalized spacial score (nSPS) is 10.3. The predicted molar refractivity (Wildman–Crippen MR) is 73.1 cm³/mol. The van der Waals surface area contributed by atoms with E-state index in [1.807, 2.05) is 0 Å². The Kier molecular flexibility index (Phi) is 7.07. The van der Waals surface area contributed by atoms with Crippen molar-refractivity contribution in [3.05, 3.63) is 23.9 Å². The van der Waals surface area contributed by atoms with Gasteiger partial charge in [-0.1, -0.05) is 39.0 Å². The van der Waals surface area contributed by atoms with Crippen LogP contribution in [-0.4, -0.2) is 17.4 Å². The van der Waals surface area contributed by atoms with Gasteiger partial charge in [-0.15, -0.1) is 0 Å². The molecule has 0 spiro atoms. The molecule has 0 aliphatic carbocycles. The van der Waals surface area contributed by atoms with E-state index < -0.39 is 0 Å². The molecule has 0 saturated carbocycles. The van der Waals surface area contributed by atoms with Gasteiger partial charge in [-0.3, -0.25) is 4.79 Å². The fourth-order valence-corrected chi connectivity index (χ4v) is 1.77. The van der Waals surface area contributed by atoms with Crippen molar-refractivity contribution in [2.75, 3.05) is 6.61 Å². The highest BCUT2D eigenvalue weighted by Crippen LogP contribution is 2.11. The molecule has 0 fully saturated rings. The number of carbonyl (C=O) groups is 1. The van der Waals surface area contributed by atoms with Crippen molar-refractivity contribution in [2.24, 2.45) is 0 Å². The molecule has 0 unspecified atom stereocenters. The number of aromatic nitrogens is 1. The number of carbonyl (C=O) groups excluding carboxylic acids is 1. The Morgan fingerprint density at radius 1 is 1.22 bits per heavy atom. The smallest absolute Gasteiger partial charge is 0.213 e. The van der Waals surface area contributed by atoms with Crippen LogP contribution in [0.5, 0.6) is 5.88 Å². The molecule has 1 aromatic rings. The zero-order valence-corrected chi connectivity index (χ0v) is 11.4. The van der Waals surface area contributed by atoms with Gasteiger partial charge in [0, 0.05) is 17.8 Å². The Balaban J connectivity index is 2.19. The van der Waals surface area contributed by atoms with Gasteiger partial charge < -0.3 is 4.74 Å². The molecule has 100 valence electrons. The van der Waals surface area contributed by atoms with Gasteiger partial charge in [-0.25, -0.2) is 4.98 Å². The zero-order valence-electron chi connectivity index (χ0n) is 11.4. The average Bonchev–Trinajstić information content (AvgIpc) is 2.38. The summed E-state index contributed by atoms with van der Waals surface area (Å²) in [6, 6.07) is 3.42. The number of Topliss-reactive ketones (excluding diaryl/α,β-unsaturated/α-hetero) is 1. The molecule has 0 amide bonds. The van der Waals surface area contributed by atoms with Crippen molar-refractivity contribution >= 4 is 5.78 Å². The molecular weight excluding hydrogens is 226 g/mol. The van der Waals surface area contributed by atoms with Crippen molar-refractivity contribution in [1.29, 1.82) is 0 Å². The first-order chi connectivity index (χ1) is 8.74. The van der Waals surface area contributed by atoms with Crippen LogP contribution in [0.3, 0.4) is 0 Å². The maximum atomic E-state index is 11.2. The van der Waals surface area contributed by atoms with Gasteiger partial charge in [0.2, 0.25) is 5.88 Å². The summed E-state index contributed by atoms with van der Waals surface area (Å²) in [4.78, 5) is 15.3. The Morgan fingerprint density at radius 2 is 1.94 bits per heavy atom. The molecule has 0 aromatic carbocycles. The summed E-state index contributed by atoms with van der Waals surface area (Å²) < 4.78 is 5.54. The van der Waals surface area contributed by atoms with Crippen molar-refractivity contribution < 1.29 is 9.53 Å². The SMILES string of the molecule is CCCCCCCCOc1cc(C(C)=O)ccn1. The van der Waals surface area contributed by atoms with E-state index in [9.17, 15) is 4.79 Å². The van der Waals surface area contributed by atoms with Gasteiger partial charge in [-0.2, -0.15) is 0 Å². The van der Waals surface area contributed by atoms with E-state index in [2.05, 4.69) is 11.9 Å². The van der Waals surface area contributed by atoms with Gasteiger partial charge in [0.15, 0.2) is 5.78 Å². The second kappa shape index (κ2) is 8.67. The van der Waals surface area contributed by atoms with E-state index in [0.29, 0.717) is 18.1 Å². The average molecular weight is 249 g/mol. The minimum absolute atomic E-state index is 0.0433. The van der Waals surface area contributed by atoms with Crippen molar-refractivity contribution in [3.8, 4) is 5.88 Å². The first-order valence-electron chi connectivity index (χ1n) is 6.84. The summed E-state index contributed by atoms with van der Waals surface area (Å²) in [6.45, 7) is 4.45. The number of unbranched alkanes of at least 4 members (excludes halogenated alkanes) is 5. The highest BCUT2D eigenvalue weighted by Gasteiger charge is 2.02. The summed E-state index contributed by atoms with van der Waals surface area (Å²) in [5.74, 6) is 0.595. The second-order valence-electron chi connectivity index (χ2n) is 4.56. The molecule has 0 atom stereocenters. The summed E-state index contributed by atoms with van der Waals surface area (Å²) in [5.41, 5.74) is 0.656. The summed E-state index contributed by atoms with van der Waals surface area (Å²) >= 11 is 0. The summed E-state index contributed by atoms with van der Waals surface area (Å²) in [7, 11) is 0. The van der Waals surface area contributed by atoms with Crippen LogP contribution in [0.4, 0.5) is 0 Å². The molecule has 0 saturated heterocycles. The third kappa shape index (κ3) is 5.80. The van der Waals surface area contributed by atoms with Crippen LogP contribution >= 0.6 is 0 Å². The van der Waals surface area contributed by atoms with Crippen LogP contribution in [-0.2, 0) is 0 Å². The Morgan fingerprint density at radius 3 is 2.67 bits per heavy atom. The number of rotatable bonds is 9. The van der Waals surface area contributed by atoms with Crippen molar-refractivity contribution in [1.82, 2.24) is 4.98 Å². The Labute approximate surface area is 110 Å². The van der Waals surface area contributed by atoms with Crippen LogP contribution < -0.4 is 4.74 Å². The molecule has 0 radical (unpaired) electrons. The van der Waals surface area contributed by atoms with Gasteiger partial charge >= 0.3 is 0 Å². The number of ether oxygens (including phenoxy) is 1. The first-order valence-corrected chi connectivity index (χ1v) is 6.84.